The van der Waals surface area contributed by atoms with Crippen molar-refractivity contribution in [2.24, 2.45) is 0 Å². The van der Waals surface area contributed by atoms with Gasteiger partial charge in [-0.25, -0.2) is 13.1 Å². The van der Waals surface area contributed by atoms with E-state index in [-0.39, 0.29) is 10.8 Å². The van der Waals surface area contributed by atoms with Crippen molar-refractivity contribution in [1.29, 1.82) is 0 Å². The molecule has 1 N–H and O–H groups in total. The minimum atomic E-state index is -3.61. The molecule has 0 bridgehead atoms. The first-order valence-electron chi connectivity index (χ1n) is 10.0. The molecule has 0 radical (unpaired) electrons. The van der Waals surface area contributed by atoms with Gasteiger partial charge in [0.15, 0.2) is 0 Å². The Bertz CT molecular complexity index is 983. The van der Waals surface area contributed by atoms with Crippen LogP contribution in [0.15, 0.2) is 47.4 Å². The van der Waals surface area contributed by atoms with Crippen molar-refractivity contribution >= 4 is 21.6 Å². The maximum absolute atomic E-state index is 13.1. The number of nitrogens with zero attached hydrogens (tertiary/aromatic N) is 2. The molecule has 1 aliphatic rings. The highest BCUT2D eigenvalue weighted by Gasteiger charge is 2.21. The minimum Gasteiger partial charge on any atom is -0.371 e. The van der Waals surface area contributed by atoms with E-state index in [2.05, 4.69) is 21.8 Å². The van der Waals surface area contributed by atoms with Crippen molar-refractivity contribution in [3.63, 3.8) is 0 Å². The maximum atomic E-state index is 13.1. The van der Waals surface area contributed by atoms with E-state index in [0.717, 1.165) is 24.2 Å². The van der Waals surface area contributed by atoms with E-state index < -0.39 is 10.0 Å². The second-order valence-electron chi connectivity index (χ2n) is 7.46. The van der Waals surface area contributed by atoms with Crippen LogP contribution in [0.25, 0.3) is 0 Å². The van der Waals surface area contributed by atoms with Gasteiger partial charge in [-0.15, -0.1) is 0 Å². The molecule has 0 aromatic heterocycles. The summed E-state index contributed by atoms with van der Waals surface area (Å²) in [5.41, 5.74) is 3.43. The van der Waals surface area contributed by atoms with E-state index in [0.29, 0.717) is 18.7 Å². The lowest BCUT2D eigenvalue weighted by Gasteiger charge is -2.25. The van der Waals surface area contributed by atoms with Crippen LogP contribution in [0.1, 0.15) is 41.3 Å². The molecule has 6 nitrogen and oxygen atoms in total. The summed E-state index contributed by atoms with van der Waals surface area (Å²) in [5, 5.41) is 0. The Kier molecular flexibility index (Phi) is 6.59. The molecular weight excluding hydrogens is 386 g/mol. The van der Waals surface area contributed by atoms with E-state index in [9.17, 15) is 13.2 Å². The van der Waals surface area contributed by atoms with Crippen LogP contribution in [0.3, 0.4) is 0 Å². The number of nitrogens with one attached hydrogen (secondary N) is 1. The topological polar surface area (TPSA) is 69.7 Å². The molecular formula is C22H29N3O3S. The summed E-state index contributed by atoms with van der Waals surface area (Å²) in [6.07, 6.45) is 2.38. The predicted octanol–water partition coefficient (Wildman–Crippen LogP) is 3.17. The number of hydrogen-bond donors (Lipinski definition) is 1. The van der Waals surface area contributed by atoms with Crippen molar-refractivity contribution in [2.75, 3.05) is 31.6 Å². The SMILES string of the molecule is CCNS(=O)(=O)c1ccc(C)c(C(=O)N(C)Cc2ccccc2N2CCCC2)c1. The van der Waals surface area contributed by atoms with Crippen LogP contribution in [-0.4, -0.2) is 45.9 Å². The van der Waals surface area contributed by atoms with Crippen molar-refractivity contribution in [1.82, 2.24) is 9.62 Å². The molecule has 1 fully saturated rings. The molecule has 1 saturated heterocycles. The van der Waals surface area contributed by atoms with E-state index in [1.165, 1.54) is 30.7 Å². The van der Waals surface area contributed by atoms with Crippen molar-refractivity contribution in [3.8, 4) is 0 Å². The number of carbonyl (C=O) groups excluding carboxylic acids is 1. The standard InChI is InChI=1S/C22H29N3O3S/c1-4-23-29(27,28)19-12-11-17(2)20(15-19)22(26)24(3)16-18-9-5-6-10-21(18)25-13-7-8-14-25/h5-6,9-12,15,23H,4,7-8,13-14,16H2,1-3H3. The van der Waals surface area contributed by atoms with Crippen LogP contribution in [-0.2, 0) is 16.6 Å². The fourth-order valence-electron chi connectivity index (χ4n) is 3.72. The van der Waals surface area contributed by atoms with Gasteiger partial charge in [0.05, 0.1) is 4.90 Å². The first-order chi connectivity index (χ1) is 13.8. The average Bonchev–Trinajstić information content (AvgIpc) is 3.22. The number of sulfonamides is 1. The molecule has 0 saturated carbocycles. The minimum absolute atomic E-state index is 0.110. The van der Waals surface area contributed by atoms with Crippen LogP contribution in [0, 0.1) is 6.92 Å². The first kappa shape index (κ1) is 21.3. The van der Waals surface area contributed by atoms with Gasteiger partial charge in [0.1, 0.15) is 0 Å². The number of carbonyl (C=O) groups is 1. The van der Waals surface area contributed by atoms with Gasteiger partial charge in [-0.1, -0.05) is 31.2 Å². The number of benzene rings is 2. The Hall–Kier alpha value is -2.38. The monoisotopic (exact) mass is 415 g/mol. The number of anilines is 1. The summed E-state index contributed by atoms with van der Waals surface area (Å²) in [5.74, 6) is -0.188. The summed E-state index contributed by atoms with van der Waals surface area (Å²) >= 11 is 0. The first-order valence-corrected chi connectivity index (χ1v) is 11.5. The normalized spacial score (nSPS) is 14.2. The Morgan fingerprint density at radius 1 is 1.14 bits per heavy atom. The summed E-state index contributed by atoms with van der Waals surface area (Å²) in [6, 6.07) is 12.9. The Morgan fingerprint density at radius 3 is 2.52 bits per heavy atom. The van der Waals surface area contributed by atoms with Gasteiger partial charge in [-0.2, -0.15) is 0 Å². The molecule has 1 amide bonds. The molecule has 0 aliphatic carbocycles. The summed E-state index contributed by atoms with van der Waals surface area (Å²) in [4.78, 5) is 17.3. The number of aryl methyl sites for hydroxylation is 1. The third kappa shape index (κ3) is 4.79. The van der Waals surface area contributed by atoms with Gasteiger partial charge < -0.3 is 9.80 Å². The lowest BCUT2D eigenvalue weighted by Crippen LogP contribution is -2.29. The zero-order valence-corrected chi connectivity index (χ0v) is 18.1. The van der Waals surface area contributed by atoms with Crippen molar-refractivity contribution in [2.45, 2.75) is 38.1 Å². The van der Waals surface area contributed by atoms with E-state index in [1.54, 1.807) is 24.9 Å². The number of para-hydroxylation sites is 1. The van der Waals surface area contributed by atoms with Gasteiger partial charge in [-0.05, 0) is 49.1 Å². The maximum Gasteiger partial charge on any atom is 0.254 e. The summed E-state index contributed by atoms with van der Waals surface area (Å²) in [7, 11) is -1.85. The zero-order chi connectivity index (χ0) is 21.0. The largest absolute Gasteiger partial charge is 0.371 e. The lowest BCUT2D eigenvalue weighted by molar-refractivity contribution is 0.0784. The summed E-state index contributed by atoms with van der Waals surface area (Å²) < 4.78 is 27.1. The molecule has 7 heteroatoms. The van der Waals surface area contributed by atoms with Gasteiger partial charge >= 0.3 is 0 Å². The third-order valence-corrected chi connectivity index (χ3v) is 6.82. The van der Waals surface area contributed by atoms with E-state index in [1.807, 2.05) is 19.1 Å². The predicted molar refractivity (Wildman–Crippen MR) is 116 cm³/mol. The Labute approximate surface area is 173 Å². The number of hydrogen-bond acceptors (Lipinski definition) is 4. The van der Waals surface area contributed by atoms with E-state index >= 15 is 0 Å². The molecule has 3 rings (SSSR count). The van der Waals surface area contributed by atoms with Crippen LogP contribution in [0.4, 0.5) is 5.69 Å². The number of amides is 1. The van der Waals surface area contributed by atoms with Crippen molar-refractivity contribution in [3.05, 3.63) is 59.2 Å². The molecule has 0 spiro atoms. The average molecular weight is 416 g/mol. The Morgan fingerprint density at radius 2 is 1.83 bits per heavy atom. The highest BCUT2D eigenvalue weighted by atomic mass is 32.2. The highest BCUT2D eigenvalue weighted by Crippen LogP contribution is 2.26. The lowest BCUT2D eigenvalue weighted by atomic mass is 10.1. The van der Waals surface area contributed by atoms with Gasteiger partial charge in [-0.3, -0.25) is 4.79 Å². The van der Waals surface area contributed by atoms with Gasteiger partial charge in [0, 0.05) is 44.5 Å². The van der Waals surface area contributed by atoms with E-state index in [4.69, 9.17) is 0 Å². The third-order valence-electron chi connectivity index (χ3n) is 5.28. The van der Waals surface area contributed by atoms with Crippen LogP contribution in [0.2, 0.25) is 0 Å². The number of rotatable bonds is 7. The molecule has 0 atom stereocenters. The second-order valence-corrected chi connectivity index (χ2v) is 9.23. The molecule has 0 unspecified atom stereocenters. The quantitative estimate of drug-likeness (QED) is 0.754. The highest BCUT2D eigenvalue weighted by molar-refractivity contribution is 7.89. The molecule has 2 aromatic rings. The van der Waals surface area contributed by atoms with Crippen LogP contribution >= 0.6 is 0 Å². The second kappa shape index (κ2) is 8.97. The molecule has 1 heterocycles. The fourth-order valence-corrected chi connectivity index (χ4v) is 4.78. The molecule has 29 heavy (non-hydrogen) atoms. The Balaban J connectivity index is 1.84. The van der Waals surface area contributed by atoms with Gasteiger partial charge in [0.25, 0.3) is 5.91 Å². The molecule has 156 valence electrons. The van der Waals surface area contributed by atoms with Crippen molar-refractivity contribution < 1.29 is 13.2 Å². The van der Waals surface area contributed by atoms with Gasteiger partial charge in [0.2, 0.25) is 10.0 Å². The summed E-state index contributed by atoms with van der Waals surface area (Å²) in [6.45, 7) is 6.39. The molecule has 1 aliphatic heterocycles. The fraction of sp³-hybridized carbons (Fsp3) is 0.409. The zero-order valence-electron chi connectivity index (χ0n) is 17.3. The smallest absolute Gasteiger partial charge is 0.254 e. The molecule has 2 aromatic carbocycles. The van der Waals surface area contributed by atoms with Crippen LogP contribution in [0.5, 0.6) is 0 Å². The van der Waals surface area contributed by atoms with Crippen LogP contribution < -0.4 is 9.62 Å².